The van der Waals surface area contributed by atoms with Gasteiger partial charge in [-0.2, -0.15) is 0 Å². The summed E-state index contributed by atoms with van der Waals surface area (Å²) in [5.74, 6) is 1.14. The second-order valence-corrected chi connectivity index (χ2v) is 4.05. The van der Waals surface area contributed by atoms with Gasteiger partial charge < -0.3 is 10.1 Å². The quantitative estimate of drug-likeness (QED) is 0.680. The summed E-state index contributed by atoms with van der Waals surface area (Å²) < 4.78 is 4.60. The lowest BCUT2D eigenvalue weighted by Gasteiger charge is -2.34. The Kier molecular flexibility index (Phi) is 3.58. The van der Waals surface area contributed by atoms with Crippen LogP contribution in [-0.4, -0.2) is 19.2 Å². The lowest BCUT2D eigenvalue weighted by atomic mass is 9.79. The minimum Gasteiger partial charge on any atom is -0.453 e. The van der Waals surface area contributed by atoms with Crippen molar-refractivity contribution in [3.8, 4) is 0 Å². The predicted octanol–water partition coefficient (Wildman–Crippen LogP) is 2.17. The molecule has 1 rings (SSSR count). The molecule has 0 bridgehead atoms. The molecule has 1 fully saturated rings. The molecule has 0 aromatic heterocycles. The largest absolute Gasteiger partial charge is 0.453 e. The lowest BCUT2D eigenvalue weighted by Crippen LogP contribution is -2.45. The predicted molar refractivity (Wildman–Crippen MR) is 51.5 cm³/mol. The van der Waals surface area contributed by atoms with Crippen molar-refractivity contribution in [2.75, 3.05) is 7.11 Å². The van der Waals surface area contributed by atoms with E-state index in [2.05, 4.69) is 23.9 Å². The Morgan fingerprint density at radius 3 is 2.31 bits per heavy atom. The van der Waals surface area contributed by atoms with Gasteiger partial charge in [0, 0.05) is 6.04 Å². The van der Waals surface area contributed by atoms with E-state index >= 15 is 0 Å². The summed E-state index contributed by atoms with van der Waals surface area (Å²) in [6.07, 6.45) is 3.39. The highest BCUT2D eigenvalue weighted by Crippen LogP contribution is 2.28. The fourth-order valence-corrected chi connectivity index (χ4v) is 2.16. The summed E-state index contributed by atoms with van der Waals surface area (Å²) in [4.78, 5) is 11.0. The minimum absolute atomic E-state index is 0.293. The molecule has 0 aliphatic heterocycles. The summed E-state index contributed by atoms with van der Waals surface area (Å²) in [5, 5.41) is 2.91. The van der Waals surface area contributed by atoms with E-state index in [4.69, 9.17) is 0 Å². The summed E-state index contributed by atoms with van der Waals surface area (Å²) in [7, 11) is 1.41. The number of carbonyl (C=O) groups is 1. The first-order valence-electron chi connectivity index (χ1n) is 4.99. The van der Waals surface area contributed by atoms with Gasteiger partial charge in [0.1, 0.15) is 0 Å². The standard InChI is InChI=1S/C10H19NO2/c1-7-5-4-6-8(2)9(7)11-10(12)13-3/h7-9H,4-6H2,1-3H3,(H,11,12). The van der Waals surface area contributed by atoms with Crippen molar-refractivity contribution in [3.63, 3.8) is 0 Å². The van der Waals surface area contributed by atoms with Gasteiger partial charge in [-0.3, -0.25) is 0 Å². The molecule has 1 aliphatic carbocycles. The Labute approximate surface area is 79.8 Å². The first kappa shape index (κ1) is 10.4. The Hall–Kier alpha value is -0.730. The zero-order valence-corrected chi connectivity index (χ0v) is 8.67. The summed E-state index contributed by atoms with van der Waals surface area (Å²) in [6, 6.07) is 0.293. The molecule has 76 valence electrons. The van der Waals surface area contributed by atoms with Crippen LogP contribution >= 0.6 is 0 Å². The second kappa shape index (κ2) is 4.49. The number of hydrogen-bond acceptors (Lipinski definition) is 2. The minimum atomic E-state index is -0.300. The Bertz CT molecular complexity index is 172. The van der Waals surface area contributed by atoms with Gasteiger partial charge in [0.15, 0.2) is 0 Å². The maximum absolute atomic E-state index is 11.0. The van der Waals surface area contributed by atoms with Crippen LogP contribution in [0.1, 0.15) is 33.1 Å². The van der Waals surface area contributed by atoms with E-state index in [0.29, 0.717) is 17.9 Å². The van der Waals surface area contributed by atoms with E-state index in [9.17, 15) is 4.79 Å². The number of carbonyl (C=O) groups excluding carboxylic acids is 1. The molecule has 0 saturated heterocycles. The van der Waals surface area contributed by atoms with Crippen LogP contribution in [0.25, 0.3) is 0 Å². The number of alkyl carbamates (subject to hydrolysis) is 1. The molecule has 13 heavy (non-hydrogen) atoms. The average molecular weight is 185 g/mol. The third-order valence-electron chi connectivity index (χ3n) is 3.01. The topological polar surface area (TPSA) is 38.3 Å². The van der Waals surface area contributed by atoms with Gasteiger partial charge in [-0.15, -0.1) is 0 Å². The third-order valence-corrected chi connectivity index (χ3v) is 3.01. The molecule has 2 unspecified atom stereocenters. The van der Waals surface area contributed by atoms with Crippen LogP contribution in [0, 0.1) is 11.8 Å². The molecule has 1 saturated carbocycles. The van der Waals surface area contributed by atoms with Crippen molar-refractivity contribution in [1.82, 2.24) is 5.32 Å². The highest BCUT2D eigenvalue weighted by molar-refractivity contribution is 5.67. The fourth-order valence-electron chi connectivity index (χ4n) is 2.16. The third kappa shape index (κ3) is 2.61. The molecule has 0 aromatic carbocycles. The van der Waals surface area contributed by atoms with Gasteiger partial charge in [0.25, 0.3) is 0 Å². The molecule has 2 atom stereocenters. The van der Waals surface area contributed by atoms with E-state index in [0.717, 1.165) is 0 Å². The molecule has 1 aliphatic rings. The SMILES string of the molecule is COC(=O)NC1C(C)CCCC1C. The van der Waals surface area contributed by atoms with Crippen molar-refractivity contribution in [2.45, 2.75) is 39.2 Å². The van der Waals surface area contributed by atoms with Crippen LogP contribution in [-0.2, 0) is 4.74 Å². The highest BCUT2D eigenvalue weighted by atomic mass is 16.5. The monoisotopic (exact) mass is 185 g/mol. The maximum atomic E-state index is 11.0. The molecule has 0 aromatic rings. The van der Waals surface area contributed by atoms with E-state index in [1.54, 1.807) is 0 Å². The summed E-state index contributed by atoms with van der Waals surface area (Å²) in [5.41, 5.74) is 0. The molecule has 3 nitrogen and oxygen atoms in total. The van der Waals surface area contributed by atoms with Crippen LogP contribution in [0.3, 0.4) is 0 Å². The Morgan fingerprint density at radius 1 is 1.31 bits per heavy atom. The number of amides is 1. The van der Waals surface area contributed by atoms with E-state index in [1.807, 2.05) is 0 Å². The van der Waals surface area contributed by atoms with Crippen LogP contribution in [0.2, 0.25) is 0 Å². The van der Waals surface area contributed by atoms with Gasteiger partial charge in [-0.1, -0.05) is 20.3 Å². The molecular formula is C10H19NO2. The zero-order chi connectivity index (χ0) is 9.84. The van der Waals surface area contributed by atoms with E-state index in [1.165, 1.54) is 26.4 Å². The van der Waals surface area contributed by atoms with Crippen molar-refractivity contribution in [2.24, 2.45) is 11.8 Å². The molecule has 3 heteroatoms. The van der Waals surface area contributed by atoms with Crippen LogP contribution in [0.15, 0.2) is 0 Å². The summed E-state index contributed by atoms with van der Waals surface area (Å²) >= 11 is 0. The Morgan fingerprint density at radius 2 is 1.85 bits per heavy atom. The number of methoxy groups -OCH3 is 1. The molecule has 0 spiro atoms. The average Bonchev–Trinajstić information content (AvgIpc) is 2.11. The van der Waals surface area contributed by atoms with Crippen LogP contribution in [0.5, 0.6) is 0 Å². The van der Waals surface area contributed by atoms with Gasteiger partial charge in [0.2, 0.25) is 0 Å². The van der Waals surface area contributed by atoms with E-state index in [-0.39, 0.29) is 6.09 Å². The molecule has 1 N–H and O–H groups in total. The highest BCUT2D eigenvalue weighted by Gasteiger charge is 2.28. The maximum Gasteiger partial charge on any atom is 0.407 e. The van der Waals surface area contributed by atoms with Crippen molar-refractivity contribution < 1.29 is 9.53 Å². The van der Waals surface area contributed by atoms with Crippen molar-refractivity contribution in [3.05, 3.63) is 0 Å². The van der Waals surface area contributed by atoms with Gasteiger partial charge >= 0.3 is 6.09 Å². The summed E-state index contributed by atoms with van der Waals surface area (Å²) in [6.45, 7) is 4.38. The lowest BCUT2D eigenvalue weighted by molar-refractivity contribution is 0.144. The smallest absolute Gasteiger partial charge is 0.407 e. The van der Waals surface area contributed by atoms with Gasteiger partial charge in [-0.25, -0.2) is 4.79 Å². The number of hydrogen-bond donors (Lipinski definition) is 1. The van der Waals surface area contributed by atoms with Crippen LogP contribution in [0.4, 0.5) is 4.79 Å². The van der Waals surface area contributed by atoms with Gasteiger partial charge in [0.05, 0.1) is 7.11 Å². The number of nitrogens with one attached hydrogen (secondary N) is 1. The van der Waals surface area contributed by atoms with Crippen LogP contribution < -0.4 is 5.32 Å². The number of rotatable bonds is 1. The Balaban J connectivity index is 2.48. The van der Waals surface area contributed by atoms with Gasteiger partial charge in [-0.05, 0) is 24.7 Å². The fraction of sp³-hybridized carbons (Fsp3) is 0.900. The molecule has 1 amide bonds. The van der Waals surface area contributed by atoms with E-state index < -0.39 is 0 Å². The molecule has 0 radical (unpaired) electrons. The number of ether oxygens (including phenoxy) is 1. The first-order valence-corrected chi connectivity index (χ1v) is 4.99. The van der Waals surface area contributed by atoms with Crippen molar-refractivity contribution in [1.29, 1.82) is 0 Å². The van der Waals surface area contributed by atoms with Crippen molar-refractivity contribution >= 4 is 6.09 Å². The molecular weight excluding hydrogens is 166 g/mol. The zero-order valence-electron chi connectivity index (χ0n) is 8.67. The molecule has 0 heterocycles. The normalized spacial score (nSPS) is 33.9. The first-order chi connectivity index (χ1) is 6.15. The second-order valence-electron chi connectivity index (χ2n) is 4.05.